The Kier molecular flexibility index (Phi) is 4.13. The maximum Gasteiger partial charge on any atom is 0.243 e. The standard InChI is InChI=1S/C18H20FNO3S/c1-18(2)12-20(11-15-16(18)5-4-6-17(15)19)24(21,22)14-9-7-13(23-3)8-10-14/h4-10H,11-12H2,1-3H3. The normalized spacial score (nSPS) is 17.3. The van der Waals surface area contributed by atoms with Gasteiger partial charge in [0.15, 0.2) is 0 Å². The molecule has 4 nitrogen and oxygen atoms in total. The SMILES string of the molecule is COc1ccc(S(=O)(=O)N2Cc3c(F)cccc3C(C)(C)C2)cc1. The second-order valence-corrected chi connectivity index (χ2v) is 8.54. The second kappa shape index (κ2) is 5.86. The summed E-state index contributed by atoms with van der Waals surface area (Å²) in [4.78, 5) is 0.180. The fourth-order valence-corrected chi connectivity index (χ4v) is 4.75. The summed E-state index contributed by atoms with van der Waals surface area (Å²) in [6, 6.07) is 11.2. The van der Waals surface area contributed by atoms with E-state index in [4.69, 9.17) is 4.74 Å². The zero-order valence-corrected chi connectivity index (χ0v) is 14.7. The van der Waals surface area contributed by atoms with E-state index in [1.165, 1.54) is 29.6 Å². The number of benzene rings is 2. The van der Waals surface area contributed by atoms with E-state index in [0.29, 0.717) is 17.9 Å². The van der Waals surface area contributed by atoms with Crippen LogP contribution in [0.3, 0.4) is 0 Å². The Labute approximate surface area is 141 Å². The lowest BCUT2D eigenvalue weighted by atomic mass is 9.79. The molecule has 6 heteroatoms. The van der Waals surface area contributed by atoms with Crippen LogP contribution in [0.4, 0.5) is 4.39 Å². The van der Waals surface area contributed by atoms with E-state index >= 15 is 0 Å². The van der Waals surface area contributed by atoms with Crippen molar-refractivity contribution >= 4 is 10.0 Å². The third kappa shape index (κ3) is 2.80. The lowest BCUT2D eigenvalue weighted by Crippen LogP contribution is -2.45. The first kappa shape index (κ1) is 16.9. The monoisotopic (exact) mass is 349 g/mol. The average Bonchev–Trinajstić information content (AvgIpc) is 2.55. The highest BCUT2D eigenvalue weighted by atomic mass is 32.2. The highest BCUT2D eigenvalue weighted by Crippen LogP contribution is 2.37. The minimum Gasteiger partial charge on any atom is -0.497 e. The number of hydrogen-bond acceptors (Lipinski definition) is 3. The number of hydrogen-bond donors (Lipinski definition) is 0. The van der Waals surface area contributed by atoms with Gasteiger partial charge < -0.3 is 4.74 Å². The van der Waals surface area contributed by atoms with Crippen LogP contribution >= 0.6 is 0 Å². The minimum absolute atomic E-state index is 0.0415. The molecule has 0 amide bonds. The van der Waals surface area contributed by atoms with E-state index < -0.39 is 15.4 Å². The van der Waals surface area contributed by atoms with Crippen LogP contribution in [0.15, 0.2) is 47.4 Å². The largest absolute Gasteiger partial charge is 0.497 e. The van der Waals surface area contributed by atoms with Gasteiger partial charge in [-0.15, -0.1) is 0 Å². The lowest BCUT2D eigenvalue weighted by molar-refractivity contribution is 0.293. The Balaban J connectivity index is 2.02. The highest BCUT2D eigenvalue weighted by molar-refractivity contribution is 7.89. The summed E-state index contributed by atoms with van der Waals surface area (Å²) in [7, 11) is -2.18. The highest BCUT2D eigenvalue weighted by Gasteiger charge is 2.38. The van der Waals surface area contributed by atoms with Crippen LogP contribution in [0.5, 0.6) is 5.75 Å². The first-order valence-electron chi connectivity index (χ1n) is 7.68. The maximum atomic E-state index is 14.2. The Morgan fingerprint density at radius 1 is 1.12 bits per heavy atom. The third-order valence-corrected chi connectivity index (χ3v) is 6.26. The van der Waals surface area contributed by atoms with Gasteiger partial charge in [-0.05, 0) is 35.9 Å². The molecule has 2 aromatic rings. The van der Waals surface area contributed by atoms with Crippen LogP contribution in [-0.2, 0) is 22.0 Å². The number of nitrogens with zero attached hydrogens (tertiary/aromatic N) is 1. The molecule has 1 heterocycles. The van der Waals surface area contributed by atoms with Gasteiger partial charge in [-0.25, -0.2) is 12.8 Å². The van der Waals surface area contributed by atoms with Crippen molar-refractivity contribution in [3.05, 3.63) is 59.4 Å². The van der Waals surface area contributed by atoms with E-state index in [2.05, 4.69) is 0 Å². The molecule has 128 valence electrons. The van der Waals surface area contributed by atoms with Gasteiger partial charge in [0.1, 0.15) is 11.6 Å². The Hall–Kier alpha value is -1.92. The summed E-state index contributed by atoms with van der Waals surface area (Å²) in [5.74, 6) is 0.222. The predicted octanol–water partition coefficient (Wildman–Crippen LogP) is 3.32. The average molecular weight is 349 g/mol. The van der Waals surface area contributed by atoms with Crippen molar-refractivity contribution in [2.75, 3.05) is 13.7 Å². The fraction of sp³-hybridized carbons (Fsp3) is 0.333. The van der Waals surface area contributed by atoms with Gasteiger partial charge in [0.2, 0.25) is 10.0 Å². The van der Waals surface area contributed by atoms with Gasteiger partial charge in [0, 0.05) is 24.1 Å². The fourth-order valence-electron chi connectivity index (χ4n) is 3.18. The van der Waals surface area contributed by atoms with Crippen LogP contribution in [0.1, 0.15) is 25.0 Å². The molecule has 0 fully saturated rings. The van der Waals surface area contributed by atoms with E-state index in [-0.39, 0.29) is 17.3 Å². The topological polar surface area (TPSA) is 46.6 Å². The molecule has 0 atom stereocenters. The number of sulfonamides is 1. The minimum atomic E-state index is -3.71. The molecule has 0 saturated carbocycles. The van der Waals surface area contributed by atoms with E-state index in [0.717, 1.165) is 5.56 Å². The van der Waals surface area contributed by atoms with E-state index in [1.807, 2.05) is 19.9 Å². The van der Waals surface area contributed by atoms with Gasteiger partial charge in [-0.2, -0.15) is 4.31 Å². The second-order valence-electron chi connectivity index (χ2n) is 6.60. The van der Waals surface area contributed by atoms with E-state index in [1.54, 1.807) is 18.2 Å². The Bertz CT molecular complexity index is 860. The summed E-state index contributed by atoms with van der Waals surface area (Å²) in [6.07, 6.45) is 0. The molecule has 0 saturated heterocycles. The summed E-state index contributed by atoms with van der Waals surface area (Å²) in [5, 5.41) is 0. The molecule has 1 aliphatic rings. The van der Waals surface area contributed by atoms with Crippen molar-refractivity contribution in [1.29, 1.82) is 0 Å². The predicted molar refractivity (Wildman–Crippen MR) is 90.0 cm³/mol. The molecular weight excluding hydrogens is 329 g/mol. The van der Waals surface area contributed by atoms with Gasteiger partial charge in [0.25, 0.3) is 0 Å². The van der Waals surface area contributed by atoms with Gasteiger partial charge >= 0.3 is 0 Å². The molecule has 0 N–H and O–H groups in total. The third-order valence-electron chi connectivity index (χ3n) is 4.45. The van der Waals surface area contributed by atoms with Crippen molar-refractivity contribution < 1.29 is 17.5 Å². The first-order valence-corrected chi connectivity index (χ1v) is 9.12. The van der Waals surface area contributed by atoms with Gasteiger partial charge in [-0.3, -0.25) is 0 Å². The number of ether oxygens (including phenoxy) is 1. The molecule has 0 spiro atoms. The van der Waals surface area contributed by atoms with Crippen molar-refractivity contribution in [1.82, 2.24) is 4.31 Å². The molecule has 2 aromatic carbocycles. The summed E-state index contributed by atoms with van der Waals surface area (Å²) < 4.78 is 46.6. The van der Waals surface area contributed by atoms with Crippen LogP contribution < -0.4 is 4.74 Å². The van der Waals surface area contributed by atoms with Crippen LogP contribution in [0.2, 0.25) is 0 Å². The zero-order chi connectivity index (χ0) is 17.5. The van der Waals surface area contributed by atoms with Crippen LogP contribution in [0.25, 0.3) is 0 Å². The molecule has 1 aliphatic heterocycles. The molecule has 3 rings (SSSR count). The maximum absolute atomic E-state index is 14.2. The number of halogens is 1. The van der Waals surface area contributed by atoms with Crippen molar-refractivity contribution in [3.8, 4) is 5.75 Å². The molecule has 0 unspecified atom stereocenters. The smallest absolute Gasteiger partial charge is 0.243 e. The number of methoxy groups -OCH3 is 1. The van der Waals surface area contributed by atoms with Crippen molar-refractivity contribution in [2.45, 2.75) is 30.7 Å². The van der Waals surface area contributed by atoms with Gasteiger partial charge in [-0.1, -0.05) is 26.0 Å². The molecule has 0 aromatic heterocycles. The Morgan fingerprint density at radius 3 is 2.42 bits per heavy atom. The van der Waals surface area contributed by atoms with Crippen molar-refractivity contribution in [3.63, 3.8) is 0 Å². The molecule has 0 radical (unpaired) electrons. The summed E-state index contributed by atoms with van der Waals surface area (Å²) >= 11 is 0. The quantitative estimate of drug-likeness (QED) is 0.854. The molecular formula is C18H20FNO3S. The molecule has 0 bridgehead atoms. The van der Waals surface area contributed by atoms with Gasteiger partial charge in [0.05, 0.1) is 12.0 Å². The number of rotatable bonds is 3. The van der Waals surface area contributed by atoms with Crippen LogP contribution in [0, 0.1) is 5.82 Å². The lowest BCUT2D eigenvalue weighted by Gasteiger charge is -2.39. The summed E-state index contributed by atoms with van der Waals surface area (Å²) in [6.45, 7) is 4.21. The molecule has 24 heavy (non-hydrogen) atoms. The van der Waals surface area contributed by atoms with Crippen LogP contribution in [-0.4, -0.2) is 26.4 Å². The van der Waals surface area contributed by atoms with Crippen molar-refractivity contribution in [2.24, 2.45) is 0 Å². The van der Waals surface area contributed by atoms with E-state index in [9.17, 15) is 12.8 Å². The summed E-state index contributed by atoms with van der Waals surface area (Å²) in [5.41, 5.74) is 0.851. The zero-order valence-electron chi connectivity index (χ0n) is 13.9. The molecule has 0 aliphatic carbocycles. The number of fused-ring (bicyclic) bond motifs is 1. The Morgan fingerprint density at radius 2 is 1.79 bits per heavy atom. The first-order chi connectivity index (χ1) is 11.3.